The standard InChI is InChI=1S/C18H28O3/c1-6-12-9-13(7-2)16(14(8-3)10-12)15(19)11-18(4,5)17(20)21/h9-10,15,19H,6-8,11H2,1-5H3,(H,20,21). The van der Waals surface area contributed by atoms with Gasteiger partial charge in [0.2, 0.25) is 0 Å². The SMILES string of the molecule is CCc1cc(CC)c(C(O)CC(C)(C)C(=O)O)c(CC)c1. The third-order valence-electron chi connectivity index (χ3n) is 4.20. The van der Waals surface area contributed by atoms with Crippen LogP contribution in [-0.2, 0) is 24.1 Å². The number of carboxylic acid groups (broad SMARTS) is 1. The van der Waals surface area contributed by atoms with Gasteiger partial charge in [-0.15, -0.1) is 0 Å². The molecule has 1 atom stereocenters. The second kappa shape index (κ2) is 7.08. The predicted molar refractivity (Wildman–Crippen MR) is 85.6 cm³/mol. The average molecular weight is 292 g/mol. The van der Waals surface area contributed by atoms with E-state index in [1.54, 1.807) is 13.8 Å². The first-order valence-corrected chi connectivity index (χ1v) is 7.82. The normalized spacial score (nSPS) is 13.2. The van der Waals surface area contributed by atoms with Gasteiger partial charge in [-0.2, -0.15) is 0 Å². The van der Waals surface area contributed by atoms with Crippen molar-refractivity contribution in [1.29, 1.82) is 0 Å². The Labute approximate surface area is 128 Å². The molecule has 0 saturated carbocycles. The van der Waals surface area contributed by atoms with E-state index >= 15 is 0 Å². The molecule has 1 aromatic carbocycles. The van der Waals surface area contributed by atoms with Crippen molar-refractivity contribution in [2.45, 2.75) is 66.4 Å². The Morgan fingerprint density at radius 2 is 1.57 bits per heavy atom. The number of hydrogen-bond donors (Lipinski definition) is 2. The molecule has 21 heavy (non-hydrogen) atoms. The van der Waals surface area contributed by atoms with E-state index in [1.165, 1.54) is 5.56 Å². The molecule has 0 bridgehead atoms. The van der Waals surface area contributed by atoms with Gasteiger partial charge in [-0.3, -0.25) is 4.79 Å². The number of aryl methyl sites for hydroxylation is 3. The van der Waals surface area contributed by atoms with Crippen LogP contribution < -0.4 is 0 Å². The van der Waals surface area contributed by atoms with E-state index in [2.05, 4.69) is 32.9 Å². The van der Waals surface area contributed by atoms with E-state index in [0.29, 0.717) is 0 Å². The Morgan fingerprint density at radius 1 is 1.10 bits per heavy atom. The fourth-order valence-corrected chi connectivity index (χ4v) is 2.74. The van der Waals surface area contributed by atoms with Gasteiger partial charge in [0.1, 0.15) is 0 Å². The maximum absolute atomic E-state index is 11.3. The molecule has 1 unspecified atom stereocenters. The zero-order valence-electron chi connectivity index (χ0n) is 13.9. The van der Waals surface area contributed by atoms with Crippen molar-refractivity contribution in [3.8, 4) is 0 Å². The summed E-state index contributed by atoms with van der Waals surface area (Å²) in [5, 5.41) is 19.9. The van der Waals surface area contributed by atoms with E-state index in [1.807, 2.05) is 0 Å². The van der Waals surface area contributed by atoms with Gasteiger partial charge in [-0.1, -0.05) is 32.9 Å². The number of aliphatic hydroxyl groups is 1. The first-order chi connectivity index (χ1) is 9.76. The quantitative estimate of drug-likeness (QED) is 0.801. The molecule has 0 aliphatic rings. The lowest BCUT2D eigenvalue weighted by Crippen LogP contribution is -2.26. The Kier molecular flexibility index (Phi) is 5.97. The Bertz CT molecular complexity index is 478. The average Bonchev–Trinajstić information content (AvgIpc) is 2.44. The van der Waals surface area contributed by atoms with Crippen molar-refractivity contribution in [2.24, 2.45) is 5.41 Å². The molecular formula is C18H28O3. The van der Waals surface area contributed by atoms with Gasteiger partial charge in [-0.25, -0.2) is 0 Å². The summed E-state index contributed by atoms with van der Waals surface area (Å²) in [5.74, 6) is -0.872. The molecule has 0 saturated heterocycles. The number of carboxylic acids is 1. The largest absolute Gasteiger partial charge is 0.481 e. The van der Waals surface area contributed by atoms with Crippen LogP contribution in [0.3, 0.4) is 0 Å². The smallest absolute Gasteiger partial charge is 0.309 e. The Morgan fingerprint density at radius 3 is 1.90 bits per heavy atom. The second-order valence-electron chi connectivity index (χ2n) is 6.30. The van der Waals surface area contributed by atoms with Crippen molar-refractivity contribution < 1.29 is 15.0 Å². The second-order valence-corrected chi connectivity index (χ2v) is 6.30. The van der Waals surface area contributed by atoms with Gasteiger partial charge in [0.15, 0.2) is 0 Å². The molecule has 0 aromatic heterocycles. The van der Waals surface area contributed by atoms with Gasteiger partial charge in [0.05, 0.1) is 11.5 Å². The summed E-state index contributed by atoms with van der Waals surface area (Å²) in [5.41, 5.74) is 3.56. The number of benzene rings is 1. The zero-order chi connectivity index (χ0) is 16.2. The van der Waals surface area contributed by atoms with Crippen LogP contribution in [0.15, 0.2) is 12.1 Å². The third kappa shape index (κ3) is 4.07. The number of rotatable bonds is 7. The van der Waals surface area contributed by atoms with E-state index < -0.39 is 17.5 Å². The molecule has 0 radical (unpaired) electrons. The van der Waals surface area contributed by atoms with Crippen molar-refractivity contribution in [3.05, 3.63) is 34.4 Å². The fourth-order valence-electron chi connectivity index (χ4n) is 2.74. The molecule has 0 aliphatic heterocycles. The molecule has 0 heterocycles. The summed E-state index contributed by atoms with van der Waals surface area (Å²) in [4.78, 5) is 11.3. The minimum absolute atomic E-state index is 0.230. The summed E-state index contributed by atoms with van der Waals surface area (Å²) >= 11 is 0. The van der Waals surface area contributed by atoms with Crippen molar-refractivity contribution in [2.75, 3.05) is 0 Å². The maximum Gasteiger partial charge on any atom is 0.309 e. The summed E-state index contributed by atoms with van der Waals surface area (Å²) < 4.78 is 0. The molecule has 118 valence electrons. The lowest BCUT2D eigenvalue weighted by atomic mass is 9.81. The van der Waals surface area contributed by atoms with Crippen LogP contribution in [0.1, 0.15) is 69.4 Å². The van der Waals surface area contributed by atoms with Crippen molar-refractivity contribution in [3.63, 3.8) is 0 Å². The van der Waals surface area contributed by atoms with Gasteiger partial charge in [0.25, 0.3) is 0 Å². The monoisotopic (exact) mass is 292 g/mol. The first kappa shape index (κ1) is 17.7. The third-order valence-corrected chi connectivity index (χ3v) is 4.20. The minimum Gasteiger partial charge on any atom is -0.481 e. The zero-order valence-corrected chi connectivity index (χ0v) is 13.9. The van der Waals surface area contributed by atoms with Crippen LogP contribution in [0, 0.1) is 5.41 Å². The summed E-state index contributed by atoms with van der Waals surface area (Å²) in [7, 11) is 0. The molecular weight excluding hydrogens is 264 g/mol. The number of aliphatic carboxylic acids is 1. The molecule has 0 aliphatic carbocycles. The molecule has 1 rings (SSSR count). The van der Waals surface area contributed by atoms with Crippen LogP contribution in [-0.4, -0.2) is 16.2 Å². The van der Waals surface area contributed by atoms with Crippen LogP contribution in [0.5, 0.6) is 0 Å². The number of hydrogen-bond acceptors (Lipinski definition) is 2. The fraction of sp³-hybridized carbons (Fsp3) is 0.611. The van der Waals surface area contributed by atoms with Gasteiger partial charge < -0.3 is 10.2 Å². The van der Waals surface area contributed by atoms with Gasteiger partial charge in [-0.05, 0) is 61.8 Å². The molecule has 3 heteroatoms. The highest BCUT2D eigenvalue weighted by atomic mass is 16.4. The van der Waals surface area contributed by atoms with E-state index in [9.17, 15) is 15.0 Å². The van der Waals surface area contributed by atoms with E-state index in [4.69, 9.17) is 0 Å². The number of aliphatic hydroxyl groups excluding tert-OH is 1. The minimum atomic E-state index is -0.932. The predicted octanol–water partition coefficient (Wildman–Crippen LogP) is 3.91. The Balaban J connectivity index is 3.24. The van der Waals surface area contributed by atoms with E-state index in [0.717, 1.165) is 36.0 Å². The lowest BCUT2D eigenvalue weighted by molar-refractivity contribution is -0.148. The van der Waals surface area contributed by atoms with Crippen molar-refractivity contribution in [1.82, 2.24) is 0 Å². The highest BCUT2D eigenvalue weighted by Crippen LogP contribution is 2.34. The first-order valence-electron chi connectivity index (χ1n) is 7.82. The van der Waals surface area contributed by atoms with Crippen LogP contribution >= 0.6 is 0 Å². The number of carbonyl (C=O) groups is 1. The van der Waals surface area contributed by atoms with Crippen LogP contribution in [0.25, 0.3) is 0 Å². The van der Waals surface area contributed by atoms with Crippen molar-refractivity contribution >= 4 is 5.97 Å². The molecule has 0 amide bonds. The molecule has 2 N–H and O–H groups in total. The highest BCUT2D eigenvalue weighted by molar-refractivity contribution is 5.73. The van der Waals surface area contributed by atoms with E-state index in [-0.39, 0.29) is 6.42 Å². The van der Waals surface area contributed by atoms with Crippen LogP contribution in [0.4, 0.5) is 0 Å². The Hall–Kier alpha value is -1.35. The summed E-state index contributed by atoms with van der Waals surface area (Å²) in [6.45, 7) is 9.60. The van der Waals surface area contributed by atoms with Crippen LogP contribution in [0.2, 0.25) is 0 Å². The molecule has 0 spiro atoms. The highest BCUT2D eigenvalue weighted by Gasteiger charge is 2.32. The summed E-state index contributed by atoms with van der Waals surface area (Å²) in [6, 6.07) is 4.29. The van der Waals surface area contributed by atoms with Gasteiger partial charge in [0, 0.05) is 0 Å². The maximum atomic E-state index is 11.3. The lowest BCUT2D eigenvalue weighted by Gasteiger charge is -2.26. The molecule has 0 fully saturated rings. The van der Waals surface area contributed by atoms with Gasteiger partial charge >= 0.3 is 5.97 Å². The summed E-state index contributed by atoms with van der Waals surface area (Å²) in [6.07, 6.45) is 2.17. The molecule has 3 nitrogen and oxygen atoms in total. The topological polar surface area (TPSA) is 57.5 Å². The molecule has 1 aromatic rings.